The number of anilines is 1. The minimum atomic E-state index is -0.439. The standard InChI is InChI=1S/C15H12FN3O/c1-9-6-7-10(16)8-11(9)14(20)19-15-17-12-4-2-3-5-13(12)18-15/h2-8H,1H3,(H2,17,18,19,20). The van der Waals surface area contributed by atoms with E-state index in [1.54, 1.807) is 13.0 Å². The smallest absolute Gasteiger partial charge is 0.258 e. The van der Waals surface area contributed by atoms with E-state index in [4.69, 9.17) is 0 Å². The number of nitrogens with one attached hydrogen (secondary N) is 2. The number of H-pyrrole nitrogens is 1. The number of carbonyl (C=O) groups is 1. The number of rotatable bonds is 2. The minimum absolute atomic E-state index is 0.297. The summed E-state index contributed by atoms with van der Waals surface area (Å²) >= 11 is 0. The predicted octanol–water partition coefficient (Wildman–Crippen LogP) is 3.26. The van der Waals surface area contributed by atoms with E-state index in [1.165, 1.54) is 12.1 Å². The normalized spacial score (nSPS) is 10.7. The predicted molar refractivity (Wildman–Crippen MR) is 75.2 cm³/mol. The third kappa shape index (κ3) is 2.25. The van der Waals surface area contributed by atoms with Crippen LogP contribution in [0.4, 0.5) is 10.3 Å². The second kappa shape index (κ2) is 4.77. The van der Waals surface area contributed by atoms with Crippen molar-refractivity contribution in [3.05, 3.63) is 59.4 Å². The Kier molecular flexibility index (Phi) is 2.95. The molecule has 0 atom stereocenters. The van der Waals surface area contributed by atoms with Gasteiger partial charge in [-0.1, -0.05) is 18.2 Å². The zero-order chi connectivity index (χ0) is 14.1. The maximum atomic E-state index is 13.2. The molecular formula is C15H12FN3O. The Morgan fingerprint density at radius 1 is 1.25 bits per heavy atom. The number of halogens is 1. The quantitative estimate of drug-likeness (QED) is 0.750. The molecule has 0 aliphatic rings. The highest BCUT2D eigenvalue weighted by atomic mass is 19.1. The molecule has 3 aromatic rings. The summed E-state index contributed by atoms with van der Waals surface area (Å²) in [5, 5.41) is 2.64. The van der Waals surface area contributed by atoms with Gasteiger partial charge in [-0.2, -0.15) is 0 Å². The van der Waals surface area contributed by atoms with Crippen molar-refractivity contribution in [2.75, 3.05) is 5.32 Å². The molecule has 0 spiro atoms. The van der Waals surface area contributed by atoms with Crippen molar-refractivity contribution in [3.8, 4) is 0 Å². The first-order valence-corrected chi connectivity index (χ1v) is 6.16. The molecule has 0 saturated heterocycles. The highest BCUT2D eigenvalue weighted by molar-refractivity contribution is 6.04. The van der Waals surface area contributed by atoms with Crippen LogP contribution in [0.25, 0.3) is 11.0 Å². The van der Waals surface area contributed by atoms with Gasteiger partial charge in [0.1, 0.15) is 5.82 Å². The van der Waals surface area contributed by atoms with Crippen LogP contribution in [0.15, 0.2) is 42.5 Å². The van der Waals surface area contributed by atoms with Gasteiger partial charge in [-0.25, -0.2) is 9.37 Å². The van der Waals surface area contributed by atoms with Crippen LogP contribution in [0.3, 0.4) is 0 Å². The molecule has 3 rings (SSSR count). The van der Waals surface area contributed by atoms with Crippen molar-refractivity contribution in [1.82, 2.24) is 9.97 Å². The van der Waals surface area contributed by atoms with Crippen molar-refractivity contribution in [3.63, 3.8) is 0 Å². The first-order chi connectivity index (χ1) is 9.63. The molecule has 0 bridgehead atoms. The summed E-state index contributed by atoms with van der Waals surface area (Å²) in [6.07, 6.45) is 0. The Morgan fingerprint density at radius 2 is 2.05 bits per heavy atom. The first kappa shape index (κ1) is 12.3. The molecule has 2 aromatic carbocycles. The molecule has 0 aliphatic carbocycles. The lowest BCUT2D eigenvalue weighted by Crippen LogP contribution is -2.14. The number of amides is 1. The lowest BCUT2D eigenvalue weighted by atomic mass is 10.1. The van der Waals surface area contributed by atoms with Crippen LogP contribution in [-0.4, -0.2) is 15.9 Å². The van der Waals surface area contributed by atoms with Gasteiger partial charge in [-0.15, -0.1) is 0 Å². The van der Waals surface area contributed by atoms with E-state index in [9.17, 15) is 9.18 Å². The maximum Gasteiger partial charge on any atom is 0.258 e. The van der Waals surface area contributed by atoms with Crippen LogP contribution >= 0.6 is 0 Å². The number of aromatic amines is 1. The van der Waals surface area contributed by atoms with E-state index in [0.29, 0.717) is 17.1 Å². The third-order valence-electron chi connectivity index (χ3n) is 3.07. The Labute approximate surface area is 114 Å². The second-order valence-corrected chi connectivity index (χ2v) is 4.52. The van der Waals surface area contributed by atoms with E-state index < -0.39 is 5.82 Å². The zero-order valence-electron chi connectivity index (χ0n) is 10.8. The van der Waals surface area contributed by atoms with E-state index in [2.05, 4.69) is 15.3 Å². The number of fused-ring (bicyclic) bond motifs is 1. The summed E-state index contributed by atoms with van der Waals surface area (Å²) in [6, 6.07) is 11.6. The molecule has 1 aromatic heterocycles. The summed E-state index contributed by atoms with van der Waals surface area (Å²) in [6.45, 7) is 1.76. The van der Waals surface area contributed by atoms with Gasteiger partial charge >= 0.3 is 0 Å². The molecule has 0 radical (unpaired) electrons. The average molecular weight is 269 g/mol. The molecule has 100 valence electrons. The van der Waals surface area contributed by atoms with Gasteiger partial charge in [0, 0.05) is 5.56 Å². The van der Waals surface area contributed by atoms with Gasteiger partial charge in [0.05, 0.1) is 11.0 Å². The number of nitrogens with zero attached hydrogens (tertiary/aromatic N) is 1. The van der Waals surface area contributed by atoms with Gasteiger partial charge in [-0.05, 0) is 36.8 Å². The number of aryl methyl sites for hydroxylation is 1. The Hall–Kier alpha value is -2.69. The molecule has 1 amide bonds. The molecular weight excluding hydrogens is 257 g/mol. The van der Waals surface area contributed by atoms with E-state index in [1.807, 2.05) is 24.3 Å². The molecule has 4 nitrogen and oxygen atoms in total. The first-order valence-electron chi connectivity index (χ1n) is 6.16. The lowest BCUT2D eigenvalue weighted by Gasteiger charge is -2.05. The number of benzene rings is 2. The van der Waals surface area contributed by atoms with Crippen LogP contribution in [-0.2, 0) is 0 Å². The average Bonchev–Trinajstić information content (AvgIpc) is 2.83. The molecule has 0 aliphatic heterocycles. The Morgan fingerprint density at radius 3 is 2.85 bits per heavy atom. The topological polar surface area (TPSA) is 57.8 Å². The van der Waals surface area contributed by atoms with Crippen molar-refractivity contribution in [2.24, 2.45) is 0 Å². The van der Waals surface area contributed by atoms with Crippen LogP contribution in [0.5, 0.6) is 0 Å². The van der Waals surface area contributed by atoms with Gasteiger partial charge in [0.15, 0.2) is 0 Å². The molecule has 0 fully saturated rings. The number of carbonyl (C=O) groups excluding carboxylic acids is 1. The van der Waals surface area contributed by atoms with Crippen molar-refractivity contribution in [2.45, 2.75) is 6.92 Å². The molecule has 0 saturated carbocycles. The van der Waals surface area contributed by atoms with Gasteiger partial charge in [-0.3, -0.25) is 10.1 Å². The fourth-order valence-electron chi connectivity index (χ4n) is 2.03. The van der Waals surface area contributed by atoms with Gasteiger partial charge in [0.2, 0.25) is 5.95 Å². The highest BCUT2D eigenvalue weighted by Crippen LogP contribution is 2.16. The van der Waals surface area contributed by atoms with Crippen LogP contribution in [0.1, 0.15) is 15.9 Å². The summed E-state index contributed by atoms with van der Waals surface area (Å²) in [4.78, 5) is 19.4. The zero-order valence-corrected chi connectivity index (χ0v) is 10.8. The molecule has 5 heteroatoms. The van der Waals surface area contributed by atoms with Gasteiger partial charge in [0.25, 0.3) is 5.91 Å². The van der Waals surface area contributed by atoms with Crippen molar-refractivity contribution in [1.29, 1.82) is 0 Å². The van der Waals surface area contributed by atoms with Crippen molar-refractivity contribution < 1.29 is 9.18 Å². The van der Waals surface area contributed by atoms with E-state index in [-0.39, 0.29) is 5.91 Å². The number of hydrogen-bond donors (Lipinski definition) is 2. The second-order valence-electron chi connectivity index (χ2n) is 4.52. The molecule has 2 N–H and O–H groups in total. The van der Waals surface area contributed by atoms with E-state index >= 15 is 0 Å². The summed E-state index contributed by atoms with van der Waals surface area (Å²) < 4.78 is 13.2. The lowest BCUT2D eigenvalue weighted by molar-refractivity contribution is 0.102. The molecule has 20 heavy (non-hydrogen) atoms. The number of aromatic nitrogens is 2. The summed E-state index contributed by atoms with van der Waals surface area (Å²) in [5.74, 6) is -0.480. The number of para-hydroxylation sites is 2. The largest absolute Gasteiger partial charge is 0.324 e. The number of imidazole rings is 1. The summed E-state index contributed by atoms with van der Waals surface area (Å²) in [7, 11) is 0. The number of hydrogen-bond acceptors (Lipinski definition) is 2. The Balaban J connectivity index is 1.90. The third-order valence-corrected chi connectivity index (χ3v) is 3.07. The van der Waals surface area contributed by atoms with E-state index in [0.717, 1.165) is 11.0 Å². The summed E-state index contributed by atoms with van der Waals surface area (Å²) in [5.41, 5.74) is 2.60. The van der Waals surface area contributed by atoms with Crippen LogP contribution < -0.4 is 5.32 Å². The minimum Gasteiger partial charge on any atom is -0.324 e. The van der Waals surface area contributed by atoms with Gasteiger partial charge < -0.3 is 4.98 Å². The fourth-order valence-corrected chi connectivity index (χ4v) is 2.03. The molecule has 1 heterocycles. The Bertz CT molecular complexity index is 762. The SMILES string of the molecule is Cc1ccc(F)cc1C(=O)Nc1nc2ccccc2[nH]1. The maximum absolute atomic E-state index is 13.2. The monoisotopic (exact) mass is 269 g/mol. The highest BCUT2D eigenvalue weighted by Gasteiger charge is 2.12. The van der Waals surface area contributed by atoms with Crippen LogP contribution in [0, 0.1) is 12.7 Å². The fraction of sp³-hybridized carbons (Fsp3) is 0.0667. The van der Waals surface area contributed by atoms with Crippen molar-refractivity contribution >= 4 is 22.9 Å². The molecule has 0 unspecified atom stereocenters. The van der Waals surface area contributed by atoms with Crippen LogP contribution in [0.2, 0.25) is 0 Å².